The molecule has 17 heavy (non-hydrogen) atoms. The Bertz CT molecular complexity index is 254. The highest BCUT2D eigenvalue weighted by Gasteiger charge is 2.21. The summed E-state index contributed by atoms with van der Waals surface area (Å²) in [5.41, 5.74) is 5.02. The number of hydrogen-bond donors (Lipinski definition) is 1. The summed E-state index contributed by atoms with van der Waals surface area (Å²) in [7, 11) is 0. The van der Waals surface area contributed by atoms with Crippen LogP contribution in [0.25, 0.3) is 0 Å². The van der Waals surface area contributed by atoms with E-state index in [2.05, 4.69) is 4.90 Å². The Morgan fingerprint density at radius 3 is 2.71 bits per heavy atom. The molecule has 1 aliphatic heterocycles. The molecule has 6 heteroatoms. The SMILES string of the molecule is CC(C=O)CC(CN1CCOCC1)OC(N)=O. The van der Waals surface area contributed by atoms with E-state index in [1.54, 1.807) is 6.92 Å². The van der Waals surface area contributed by atoms with Crippen molar-refractivity contribution in [2.75, 3.05) is 32.8 Å². The first-order chi connectivity index (χ1) is 8.11. The second kappa shape index (κ2) is 7.24. The van der Waals surface area contributed by atoms with Crippen LogP contribution in [-0.2, 0) is 14.3 Å². The summed E-state index contributed by atoms with van der Waals surface area (Å²) >= 11 is 0. The number of aldehydes is 1. The number of nitrogens with two attached hydrogens (primary N) is 1. The number of carbonyl (C=O) groups excluding carboxylic acids is 2. The number of rotatable bonds is 6. The van der Waals surface area contributed by atoms with Crippen molar-refractivity contribution >= 4 is 12.4 Å². The molecule has 0 saturated carbocycles. The van der Waals surface area contributed by atoms with Gasteiger partial charge in [0, 0.05) is 25.6 Å². The van der Waals surface area contributed by atoms with Gasteiger partial charge in [-0.25, -0.2) is 4.79 Å². The number of carbonyl (C=O) groups is 2. The van der Waals surface area contributed by atoms with Gasteiger partial charge in [-0.15, -0.1) is 0 Å². The molecule has 6 nitrogen and oxygen atoms in total. The number of morpholine rings is 1. The van der Waals surface area contributed by atoms with E-state index in [0.29, 0.717) is 26.2 Å². The summed E-state index contributed by atoms with van der Waals surface area (Å²) in [5, 5.41) is 0. The average Bonchev–Trinajstić information content (AvgIpc) is 2.29. The molecule has 0 bridgehead atoms. The van der Waals surface area contributed by atoms with Crippen LogP contribution in [0.4, 0.5) is 4.79 Å². The van der Waals surface area contributed by atoms with Gasteiger partial charge in [-0.3, -0.25) is 4.90 Å². The maximum Gasteiger partial charge on any atom is 0.404 e. The molecule has 0 radical (unpaired) electrons. The molecular weight excluding hydrogens is 224 g/mol. The molecule has 2 unspecified atom stereocenters. The quantitative estimate of drug-likeness (QED) is 0.665. The Hall–Kier alpha value is -1.14. The van der Waals surface area contributed by atoms with Gasteiger partial charge in [0.25, 0.3) is 0 Å². The standard InChI is InChI=1S/C11H20N2O4/c1-9(8-14)6-10(17-11(12)15)7-13-2-4-16-5-3-13/h8-10H,2-7H2,1H3,(H2,12,15). The zero-order chi connectivity index (χ0) is 12.7. The summed E-state index contributed by atoms with van der Waals surface area (Å²) in [6.07, 6.45) is 0.243. The van der Waals surface area contributed by atoms with Gasteiger partial charge in [0.2, 0.25) is 0 Å². The van der Waals surface area contributed by atoms with Crippen LogP contribution in [0, 0.1) is 5.92 Å². The lowest BCUT2D eigenvalue weighted by molar-refractivity contribution is -0.111. The smallest absolute Gasteiger partial charge is 0.404 e. The largest absolute Gasteiger partial charge is 0.445 e. The third kappa shape index (κ3) is 5.65. The molecule has 0 aliphatic carbocycles. The molecule has 2 atom stereocenters. The molecule has 0 aromatic rings. The fourth-order valence-corrected chi connectivity index (χ4v) is 1.87. The fraction of sp³-hybridized carbons (Fsp3) is 0.818. The van der Waals surface area contributed by atoms with Crippen LogP contribution in [0.5, 0.6) is 0 Å². The number of amides is 1. The Morgan fingerprint density at radius 1 is 1.53 bits per heavy atom. The van der Waals surface area contributed by atoms with E-state index in [4.69, 9.17) is 15.2 Å². The monoisotopic (exact) mass is 244 g/mol. The summed E-state index contributed by atoms with van der Waals surface area (Å²) in [4.78, 5) is 23.6. The van der Waals surface area contributed by atoms with Crippen molar-refractivity contribution in [3.05, 3.63) is 0 Å². The molecule has 0 spiro atoms. The van der Waals surface area contributed by atoms with E-state index in [9.17, 15) is 9.59 Å². The number of nitrogens with zero attached hydrogens (tertiary/aromatic N) is 1. The molecule has 1 aliphatic rings. The molecular formula is C11H20N2O4. The topological polar surface area (TPSA) is 81.9 Å². The Kier molecular flexibility index (Phi) is 5.93. The van der Waals surface area contributed by atoms with Gasteiger partial charge in [0.1, 0.15) is 12.4 Å². The van der Waals surface area contributed by atoms with E-state index in [1.807, 2.05) is 0 Å². The highest BCUT2D eigenvalue weighted by Crippen LogP contribution is 2.10. The van der Waals surface area contributed by atoms with Crippen LogP contribution in [0.1, 0.15) is 13.3 Å². The van der Waals surface area contributed by atoms with Crippen molar-refractivity contribution in [3.8, 4) is 0 Å². The van der Waals surface area contributed by atoms with Crippen molar-refractivity contribution in [2.24, 2.45) is 11.7 Å². The molecule has 1 rings (SSSR count). The van der Waals surface area contributed by atoms with Crippen LogP contribution < -0.4 is 5.73 Å². The van der Waals surface area contributed by atoms with Gasteiger partial charge in [-0.2, -0.15) is 0 Å². The normalized spacial score (nSPS) is 20.5. The van der Waals surface area contributed by atoms with E-state index in [0.717, 1.165) is 19.4 Å². The number of ether oxygens (including phenoxy) is 2. The minimum absolute atomic E-state index is 0.139. The maximum atomic E-state index is 10.8. The third-order valence-electron chi connectivity index (χ3n) is 2.72. The zero-order valence-electron chi connectivity index (χ0n) is 10.1. The minimum Gasteiger partial charge on any atom is -0.445 e. The van der Waals surface area contributed by atoms with E-state index in [1.165, 1.54) is 0 Å². The highest BCUT2D eigenvalue weighted by molar-refractivity contribution is 5.64. The van der Waals surface area contributed by atoms with Crippen molar-refractivity contribution < 1.29 is 19.1 Å². The van der Waals surface area contributed by atoms with Crippen LogP contribution in [0.3, 0.4) is 0 Å². The molecule has 1 fully saturated rings. The zero-order valence-corrected chi connectivity index (χ0v) is 10.1. The minimum atomic E-state index is -0.790. The lowest BCUT2D eigenvalue weighted by Gasteiger charge is -2.30. The second-order valence-corrected chi connectivity index (χ2v) is 4.32. The molecule has 98 valence electrons. The first kappa shape index (κ1) is 13.9. The Morgan fingerprint density at radius 2 is 2.18 bits per heavy atom. The highest BCUT2D eigenvalue weighted by atomic mass is 16.6. The molecule has 1 heterocycles. The summed E-state index contributed by atoms with van der Waals surface area (Å²) in [6.45, 7) is 5.40. The van der Waals surface area contributed by atoms with Crippen LogP contribution >= 0.6 is 0 Å². The van der Waals surface area contributed by atoms with E-state index in [-0.39, 0.29) is 12.0 Å². The van der Waals surface area contributed by atoms with E-state index < -0.39 is 6.09 Å². The lowest BCUT2D eigenvalue weighted by Crippen LogP contribution is -2.43. The van der Waals surface area contributed by atoms with Gasteiger partial charge < -0.3 is 20.0 Å². The molecule has 1 saturated heterocycles. The van der Waals surface area contributed by atoms with Crippen LogP contribution in [-0.4, -0.2) is 56.2 Å². The van der Waals surface area contributed by atoms with Crippen molar-refractivity contribution in [3.63, 3.8) is 0 Å². The number of primary amides is 1. The first-order valence-corrected chi connectivity index (χ1v) is 5.83. The van der Waals surface area contributed by atoms with Crippen molar-refractivity contribution in [2.45, 2.75) is 19.4 Å². The maximum absolute atomic E-state index is 10.8. The van der Waals surface area contributed by atoms with Crippen LogP contribution in [0.15, 0.2) is 0 Å². The van der Waals surface area contributed by atoms with Crippen molar-refractivity contribution in [1.29, 1.82) is 0 Å². The predicted molar refractivity (Wildman–Crippen MR) is 61.6 cm³/mol. The van der Waals surface area contributed by atoms with Crippen LogP contribution in [0.2, 0.25) is 0 Å². The Balaban J connectivity index is 2.43. The van der Waals surface area contributed by atoms with Gasteiger partial charge in [0.05, 0.1) is 13.2 Å². The number of hydrogen-bond acceptors (Lipinski definition) is 5. The molecule has 0 aromatic heterocycles. The van der Waals surface area contributed by atoms with Gasteiger partial charge in [-0.1, -0.05) is 6.92 Å². The third-order valence-corrected chi connectivity index (χ3v) is 2.72. The summed E-state index contributed by atoms with van der Waals surface area (Å²) in [6, 6.07) is 0. The summed E-state index contributed by atoms with van der Waals surface area (Å²) in [5.74, 6) is -0.139. The molecule has 0 aromatic carbocycles. The predicted octanol–water partition coefficient (Wildman–Crippen LogP) is 0.00760. The van der Waals surface area contributed by atoms with Gasteiger partial charge >= 0.3 is 6.09 Å². The first-order valence-electron chi connectivity index (χ1n) is 5.83. The fourth-order valence-electron chi connectivity index (χ4n) is 1.87. The molecule has 2 N–H and O–H groups in total. The van der Waals surface area contributed by atoms with Gasteiger partial charge in [-0.05, 0) is 6.42 Å². The van der Waals surface area contributed by atoms with Gasteiger partial charge in [0.15, 0.2) is 0 Å². The Labute approximate surface area is 101 Å². The summed E-state index contributed by atoms with van der Waals surface area (Å²) < 4.78 is 10.3. The van der Waals surface area contributed by atoms with E-state index >= 15 is 0 Å². The lowest BCUT2D eigenvalue weighted by atomic mass is 10.0. The molecule has 1 amide bonds. The van der Waals surface area contributed by atoms with Crippen molar-refractivity contribution in [1.82, 2.24) is 4.90 Å². The average molecular weight is 244 g/mol. The second-order valence-electron chi connectivity index (χ2n) is 4.32.